The van der Waals surface area contributed by atoms with E-state index < -0.39 is 5.97 Å². The summed E-state index contributed by atoms with van der Waals surface area (Å²) < 4.78 is 1.14. The predicted octanol–water partition coefficient (Wildman–Crippen LogP) is 7.09. The molecular formula is C27H20N2O2S2. The van der Waals surface area contributed by atoms with Crippen LogP contribution in [-0.4, -0.2) is 16.1 Å². The Morgan fingerprint density at radius 2 is 1.91 bits per heavy atom. The average Bonchev–Trinajstić information content (AvgIpc) is 3.45. The summed E-state index contributed by atoms with van der Waals surface area (Å²) >= 11 is 3.19. The Balaban J connectivity index is 1.74. The molecule has 5 rings (SSSR count). The number of aromatic nitrogens is 1. The van der Waals surface area contributed by atoms with Crippen molar-refractivity contribution in [3.8, 4) is 6.07 Å². The summed E-state index contributed by atoms with van der Waals surface area (Å²) in [5.41, 5.74) is 9.88. The highest BCUT2D eigenvalue weighted by molar-refractivity contribution is 7.16. The molecule has 162 valence electrons. The van der Waals surface area contributed by atoms with Crippen LogP contribution in [0.15, 0.2) is 64.8 Å². The molecule has 2 aromatic carbocycles. The van der Waals surface area contributed by atoms with E-state index in [1.807, 2.05) is 35.2 Å². The minimum Gasteiger partial charge on any atom is -0.478 e. The summed E-state index contributed by atoms with van der Waals surface area (Å²) in [6, 6.07) is 16.7. The van der Waals surface area contributed by atoms with Gasteiger partial charge in [-0.15, -0.1) is 11.3 Å². The monoisotopic (exact) mass is 468 g/mol. The van der Waals surface area contributed by atoms with Gasteiger partial charge in [0.05, 0.1) is 21.3 Å². The zero-order valence-electron chi connectivity index (χ0n) is 17.7. The van der Waals surface area contributed by atoms with Crippen molar-refractivity contribution in [2.24, 2.45) is 5.92 Å². The van der Waals surface area contributed by atoms with Crippen LogP contribution in [0.2, 0.25) is 0 Å². The lowest BCUT2D eigenvalue weighted by molar-refractivity contribution is -0.131. The summed E-state index contributed by atoms with van der Waals surface area (Å²) in [6.07, 6.45) is 6.15. The molecule has 1 aliphatic rings. The van der Waals surface area contributed by atoms with Crippen LogP contribution in [0, 0.1) is 17.2 Å². The molecule has 33 heavy (non-hydrogen) atoms. The molecule has 4 aromatic rings. The zero-order valence-corrected chi connectivity index (χ0v) is 19.3. The van der Waals surface area contributed by atoms with E-state index in [1.54, 1.807) is 28.7 Å². The summed E-state index contributed by atoms with van der Waals surface area (Å²) in [6.45, 7) is 0. The average molecular weight is 469 g/mol. The molecule has 6 heteroatoms. The predicted molar refractivity (Wildman–Crippen MR) is 135 cm³/mol. The molecule has 0 saturated heterocycles. The number of fused-ring (bicyclic) bond motifs is 1. The number of carboxylic acids is 1. The van der Waals surface area contributed by atoms with Crippen molar-refractivity contribution in [3.63, 3.8) is 0 Å². The second-order valence-corrected chi connectivity index (χ2v) is 9.69. The summed E-state index contributed by atoms with van der Waals surface area (Å²) in [4.78, 5) is 15.4. The van der Waals surface area contributed by atoms with Crippen LogP contribution >= 0.6 is 22.7 Å². The number of thiophene rings is 1. The van der Waals surface area contributed by atoms with Crippen LogP contribution in [0.4, 0.5) is 0 Å². The Bertz CT molecular complexity index is 1430. The van der Waals surface area contributed by atoms with E-state index in [0.29, 0.717) is 5.92 Å². The maximum Gasteiger partial charge on any atom is 0.328 e. The van der Waals surface area contributed by atoms with Gasteiger partial charge >= 0.3 is 5.97 Å². The molecule has 0 amide bonds. The first kappa shape index (κ1) is 21.3. The molecule has 1 fully saturated rings. The molecule has 0 atom stereocenters. The lowest BCUT2D eigenvalue weighted by Crippen LogP contribution is -2.15. The van der Waals surface area contributed by atoms with Crippen LogP contribution < -0.4 is 0 Å². The first-order valence-corrected chi connectivity index (χ1v) is 12.5. The first-order valence-electron chi connectivity index (χ1n) is 10.7. The van der Waals surface area contributed by atoms with Gasteiger partial charge in [0.15, 0.2) is 0 Å². The van der Waals surface area contributed by atoms with Crippen LogP contribution in [-0.2, 0) is 4.79 Å². The summed E-state index contributed by atoms with van der Waals surface area (Å²) in [5, 5.41) is 22.7. The van der Waals surface area contributed by atoms with Crippen molar-refractivity contribution < 1.29 is 9.90 Å². The van der Waals surface area contributed by atoms with Crippen molar-refractivity contribution in [3.05, 3.63) is 92.6 Å². The fraction of sp³-hybridized carbons (Fsp3) is 0.148. The topological polar surface area (TPSA) is 74.0 Å². The maximum atomic E-state index is 10.9. The van der Waals surface area contributed by atoms with Gasteiger partial charge in [0, 0.05) is 17.0 Å². The lowest BCUT2D eigenvalue weighted by Gasteiger charge is -2.31. The normalized spacial score (nSPS) is 14.8. The van der Waals surface area contributed by atoms with Crippen LogP contribution in [0.3, 0.4) is 0 Å². The van der Waals surface area contributed by atoms with Crippen molar-refractivity contribution in [1.29, 1.82) is 5.26 Å². The first-order chi connectivity index (χ1) is 16.1. The molecule has 4 nitrogen and oxygen atoms in total. The Morgan fingerprint density at radius 1 is 1.12 bits per heavy atom. The fourth-order valence-electron chi connectivity index (χ4n) is 4.27. The van der Waals surface area contributed by atoms with Crippen LogP contribution in [0.5, 0.6) is 0 Å². The number of nitriles is 1. The highest BCUT2D eigenvalue weighted by Crippen LogP contribution is 2.46. The molecule has 0 aliphatic heterocycles. The van der Waals surface area contributed by atoms with Gasteiger partial charge in [-0.25, -0.2) is 9.78 Å². The van der Waals surface area contributed by atoms with Gasteiger partial charge in [0.25, 0.3) is 0 Å². The summed E-state index contributed by atoms with van der Waals surface area (Å²) in [7, 11) is 0. The lowest BCUT2D eigenvalue weighted by atomic mass is 9.73. The third-order valence-electron chi connectivity index (χ3n) is 6.09. The number of rotatable bonds is 6. The van der Waals surface area contributed by atoms with Gasteiger partial charge in [-0.1, -0.05) is 36.8 Å². The zero-order chi connectivity index (χ0) is 22.8. The molecule has 2 aromatic heterocycles. The number of allylic oxidation sites excluding steroid dienone is 1. The second kappa shape index (κ2) is 9.14. The van der Waals surface area contributed by atoms with E-state index in [-0.39, 0.29) is 0 Å². The molecule has 1 N–H and O–H groups in total. The van der Waals surface area contributed by atoms with Gasteiger partial charge in [-0.3, -0.25) is 0 Å². The standard InChI is InChI=1S/C27H20N2O2S2/c28-13-21-14-32-15-22(21)27(18-2-1-3-18)26(20-9-10-24-23(12-20)29-16-33-24)19-7-4-17(5-8-19)6-11-25(30)31/h4-12,14-16,18H,1-3H2,(H,30,31)/b11-6+,27-26+. The van der Waals surface area contributed by atoms with E-state index in [1.165, 1.54) is 12.0 Å². The number of aliphatic carboxylic acids is 1. The second-order valence-electron chi connectivity index (χ2n) is 8.06. The molecular weight excluding hydrogens is 448 g/mol. The largest absolute Gasteiger partial charge is 0.478 e. The van der Waals surface area contributed by atoms with Gasteiger partial charge in [-0.05, 0) is 70.2 Å². The van der Waals surface area contributed by atoms with E-state index in [9.17, 15) is 10.1 Å². The molecule has 0 radical (unpaired) electrons. The number of benzene rings is 2. The van der Waals surface area contributed by atoms with Crippen LogP contribution in [0.25, 0.3) is 27.4 Å². The SMILES string of the molecule is N#Cc1cscc1/C(=C(\c1ccc(/C=C/C(=O)O)cc1)c1ccc2scnc2c1)C1CCC1. The van der Waals surface area contributed by atoms with Crippen molar-refractivity contribution >= 4 is 56.1 Å². The molecule has 0 bridgehead atoms. The van der Waals surface area contributed by atoms with Gasteiger partial charge in [-0.2, -0.15) is 16.6 Å². The van der Waals surface area contributed by atoms with E-state index in [4.69, 9.17) is 5.11 Å². The minimum absolute atomic E-state index is 0.402. The number of carbonyl (C=O) groups is 1. The number of hydrogen-bond donors (Lipinski definition) is 1. The van der Waals surface area contributed by atoms with Crippen molar-refractivity contribution in [2.45, 2.75) is 19.3 Å². The maximum absolute atomic E-state index is 10.9. The van der Waals surface area contributed by atoms with Gasteiger partial charge in [0.1, 0.15) is 6.07 Å². The summed E-state index contributed by atoms with van der Waals surface area (Å²) in [5.74, 6) is -0.565. The van der Waals surface area contributed by atoms with Crippen molar-refractivity contribution in [1.82, 2.24) is 4.98 Å². The third kappa shape index (κ3) is 4.25. The highest BCUT2D eigenvalue weighted by atomic mass is 32.1. The van der Waals surface area contributed by atoms with E-state index >= 15 is 0 Å². The fourth-order valence-corrected chi connectivity index (χ4v) is 5.70. The number of carboxylic acid groups (broad SMARTS) is 1. The molecule has 0 unspecified atom stereocenters. The third-order valence-corrected chi connectivity index (χ3v) is 7.65. The molecule has 1 aliphatic carbocycles. The van der Waals surface area contributed by atoms with Gasteiger partial charge < -0.3 is 5.11 Å². The molecule has 2 heterocycles. The number of hydrogen-bond acceptors (Lipinski definition) is 5. The highest BCUT2D eigenvalue weighted by Gasteiger charge is 2.29. The van der Waals surface area contributed by atoms with Crippen LogP contribution in [0.1, 0.15) is 47.1 Å². The van der Waals surface area contributed by atoms with E-state index in [2.05, 4.69) is 34.6 Å². The van der Waals surface area contributed by atoms with E-state index in [0.717, 1.165) is 62.5 Å². The minimum atomic E-state index is -0.968. The number of nitrogens with zero attached hydrogens (tertiary/aromatic N) is 2. The van der Waals surface area contributed by atoms with Crippen molar-refractivity contribution in [2.75, 3.05) is 0 Å². The Hall–Kier alpha value is -3.53. The molecule has 0 spiro atoms. The Kier molecular flexibility index (Phi) is 5.91. The Morgan fingerprint density at radius 3 is 2.61 bits per heavy atom. The molecule has 1 saturated carbocycles. The quantitative estimate of drug-likeness (QED) is 0.307. The Labute approximate surface area is 199 Å². The number of thiazole rings is 1. The van der Waals surface area contributed by atoms with Gasteiger partial charge in [0.2, 0.25) is 0 Å². The smallest absolute Gasteiger partial charge is 0.328 e.